The molecule has 3 amide bonds. The Balaban J connectivity index is 1.60. The molecule has 3 rings (SSSR count). The fourth-order valence-electron chi connectivity index (χ4n) is 2.98. The summed E-state index contributed by atoms with van der Waals surface area (Å²) in [6, 6.07) is 6.92. The molecule has 1 unspecified atom stereocenters. The van der Waals surface area contributed by atoms with E-state index in [0.29, 0.717) is 16.6 Å². The van der Waals surface area contributed by atoms with Crippen molar-refractivity contribution in [2.24, 2.45) is 0 Å². The molecule has 154 valence electrons. The Morgan fingerprint density at radius 1 is 1.38 bits per heavy atom. The minimum absolute atomic E-state index is 0.117. The van der Waals surface area contributed by atoms with E-state index in [1.54, 1.807) is 28.5 Å². The fraction of sp³-hybridized carbons (Fsp3) is 0.368. The summed E-state index contributed by atoms with van der Waals surface area (Å²) < 4.78 is 5.43. The Morgan fingerprint density at radius 2 is 2.21 bits per heavy atom. The van der Waals surface area contributed by atoms with Crippen LogP contribution in [0.2, 0.25) is 5.02 Å². The van der Waals surface area contributed by atoms with Crippen molar-refractivity contribution in [1.29, 1.82) is 0 Å². The van der Waals surface area contributed by atoms with Crippen LogP contribution >= 0.6 is 22.9 Å². The van der Waals surface area contributed by atoms with Crippen molar-refractivity contribution in [1.82, 2.24) is 20.5 Å². The predicted molar refractivity (Wildman–Crippen MR) is 109 cm³/mol. The molecule has 2 N–H and O–H groups in total. The molecule has 0 saturated carbocycles. The van der Waals surface area contributed by atoms with Crippen LogP contribution in [0.15, 0.2) is 29.6 Å². The quantitative estimate of drug-likeness (QED) is 0.725. The molecule has 1 atom stereocenters. The van der Waals surface area contributed by atoms with Crippen LogP contribution in [0.3, 0.4) is 0 Å². The van der Waals surface area contributed by atoms with Crippen molar-refractivity contribution in [2.45, 2.75) is 25.5 Å². The van der Waals surface area contributed by atoms with Crippen LogP contribution in [0.1, 0.15) is 39.9 Å². The van der Waals surface area contributed by atoms with Crippen LogP contribution in [0.25, 0.3) is 0 Å². The molecular weight excluding hydrogens is 416 g/mol. The molecule has 2 heterocycles. The third-order valence-electron chi connectivity index (χ3n) is 4.47. The number of nitrogens with zero attached hydrogens (tertiary/aromatic N) is 2. The first kappa shape index (κ1) is 21.1. The van der Waals surface area contributed by atoms with E-state index in [2.05, 4.69) is 15.6 Å². The van der Waals surface area contributed by atoms with Crippen LogP contribution in [0.5, 0.6) is 0 Å². The van der Waals surface area contributed by atoms with E-state index < -0.39 is 12.0 Å². The number of amides is 3. The van der Waals surface area contributed by atoms with Gasteiger partial charge in [-0.05, 0) is 30.5 Å². The molecule has 1 aromatic carbocycles. The number of thiazole rings is 1. The second kappa shape index (κ2) is 9.71. The topological polar surface area (TPSA) is 101 Å². The summed E-state index contributed by atoms with van der Waals surface area (Å²) in [5, 5.41) is 7.82. The van der Waals surface area contributed by atoms with Gasteiger partial charge in [-0.25, -0.2) is 9.78 Å². The maximum atomic E-state index is 12.6. The molecule has 10 heteroatoms. The smallest absolute Gasteiger partial charge is 0.410 e. The molecule has 2 aromatic rings. The lowest BCUT2D eigenvalue weighted by Crippen LogP contribution is -2.35. The zero-order chi connectivity index (χ0) is 20.8. The van der Waals surface area contributed by atoms with Crippen molar-refractivity contribution in [3.63, 3.8) is 0 Å². The number of halogens is 1. The maximum Gasteiger partial charge on any atom is 0.410 e. The van der Waals surface area contributed by atoms with Gasteiger partial charge in [-0.2, -0.15) is 0 Å². The standard InChI is InChI=1S/C19H21ClN4O4S/c1-21-16(25)9-22-17(26)14-11-29-18(23-14)15-6-3-7-24(15)19(27)28-10-12-4-2-5-13(20)8-12/h2,4-5,8,11,15H,3,6-7,9-10H2,1H3,(H,21,25)(H,22,26). The summed E-state index contributed by atoms with van der Waals surface area (Å²) >= 11 is 7.27. The van der Waals surface area contributed by atoms with Crippen LogP contribution < -0.4 is 10.6 Å². The summed E-state index contributed by atoms with van der Waals surface area (Å²) in [7, 11) is 1.50. The fourth-order valence-corrected chi connectivity index (χ4v) is 4.14. The summed E-state index contributed by atoms with van der Waals surface area (Å²) in [5.74, 6) is -0.720. The van der Waals surface area contributed by atoms with Gasteiger partial charge < -0.3 is 15.4 Å². The van der Waals surface area contributed by atoms with Crippen molar-refractivity contribution in [2.75, 3.05) is 20.1 Å². The Labute approximate surface area is 177 Å². The normalized spacial score (nSPS) is 15.8. The van der Waals surface area contributed by atoms with Gasteiger partial charge in [0.1, 0.15) is 17.3 Å². The highest BCUT2D eigenvalue weighted by atomic mass is 35.5. The zero-order valence-corrected chi connectivity index (χ0v) is 17.4. The summed E-state index contributed by atoms with van der Waals surface area (Å²) in [6.45, 7) is 0.581. The Bertz CT molecular complexity index is 904. The molecule has 0 bridgehead atoms. The number of likely N-dealkylation sites (N-methyl/N-ethyl adjacent to an activating group) is 1. The third-order valence-corrected chi connectivity index (χ3v) is 5.65. The van der Waals surface area contributed by atoms with E-state index in [1.165, 1.54) is 18.4 Å². The van der Waals surface area contributed by atoms with E-state index in [9.17, 15) is 14.4 Å². The van der Waals surface area contributed by atoms with E-state index in [1.807, 2.05) is 6.07 Å². The number of hydrogen-bond donors (Lipinski definition) is 2. The lowest BCUT2D eigenvalue weighted by molar-refractivity contribution is -0.119. The second-order valence-electron chi connectivity index (χ2n) is 6.46. The average Bonchev–Trinajstić information content (AvgIpc) is 3.39. The first-order valence-corrected chi connectivity index (χ1v) is 10.4. The van der Waals surface area contributed by atoms with Gasteiger partial charge in [0, 0.05) is 24.0 Å². The van der Waals surface area contributed by atoms with Gasteiger partial charge in [-0.15, -0.1) is 11.3 Å². The summed E-state index contributed by atoms with van der Waals surface area (Å²) in [4.78, 5) is 41.9. The van der Waals surface area contributed by atoms with Crippen molar-refractivity contribution in [3.8, 4) is 0 Å². The third kappa shape index (κ3) is 5.45. The van der Waals surface area contributed by atoms with E-state index >= 15 is 0 Å². The highest BCUT2D eigenvalue weighted by Gasteiger charge is 2.33. The van der Waals surface area contributed by atoms with Gasteiger partial charge in [0.05, 0.1) is 12.6 Å². The van der Waals surface area contributed by atoms with Crippen molar-refractivity contribution >= 4 is 40.8 Å². The SMILES string of the molecule is CNC(=O)CNC(=O)c1csc(C2CCCN2C(=O)OCc2cccc(Cl)c2)n1. The Hall–Kier alpha value is -2.65. The highest BCUT2D eigenvalue weighted by molar-refractivity contribution is 7.09. The van der Waals surface area contributed by atoms with Crippen LogP contribution in [-0.4, -0.2) is 47.9 Å². The molecule has 0 radical (unpaired) electrons. The van der Waals surface area contributed by atoms with Crippen LogP contribution in [0.4, 0.5) is 4.79 Å². The largest absolute Gasteiger partial charge is 0.445 e. The minimum atomic E-state index is -0.427. The molecule has 1 aliphatic rings. The van der Waals surface area contributed by atoms with E-state index in [-0.39, 0.29) is 30.8 Å². The summed E-state index contributed by atoms with van der Waals surface area (Å²) in [6.07, 6.45) is 1.15. The molecule has 29 heavy (non-hydrogen) atoms. The van der Waals surface area contributed by atoms with Crippen LogP contribution in [-0.2, 0) is 16.1 Å². The molecular formula is C19H21ClN4O4S. The lowest BCUT2D eigenvalue weighted by atomic mass is 10.2. The average molecular weight is 437 g/mol. The van der Waals surface area contributed by atoms with E-state index in [0.717, 1.165) is 18.4 Å². The first-order chi connectivity index (χ1) is 14.0. The molecule has 1 aliphatic heterocycles. The van der Waals surface area contributed by atoms with Crippen molar-refractivity contribution in [3.05, 3.63) is 50.9 Å². The maximum absolute atomic E-state index is 12.6. The lowest BCUT2D eigenvalue weighted by Gasteiger charge is -2.22. The van der Waals surface area contributed by atoms with Gasteiger partial charge in [0.15, 0.2) is 0 Å². The second-order valence-corrected chi connectivity index (χ2v) is 7.79. The number of nitrogens with one attached hydrogen (secondary N) is 2. The number of ether oxygens (including phenoxy) is 1. The van der Waals surface area contributed by atoms with Gasteiger partial charge in [-0.1, -0.05) is 23.7 Å². The van der Waals surface area contributed by atoms with Gasteiger partial charge >= 0.3 is 6.09 Å². The number of carbonyl (C=O) groups is 3. The number of benzene rings is 1. The molecule has 1 aromatic heterocycles. The number of aromatic nitrogens is 1. The van der Waals surface area contributed by atoms with Gasteiger partial charge in [-0.3, -0.25) is 14.5 Å². The van der Waals surface area contributed by atoms with Crippen LogP contribution in [0, 0.1) is 0 Å². The van der Waals surface area contributed by atoms with E-state index in [4.69, 9.17) is 16.3 Å². The summed E-state index contributed by atoms with van der Waals surface area (Å²) in [5.41, 5.74) is 1.04. The molecule has 0 spiro atoms. The number of carbonyl (C=O) groups excluding carboxylic acids is 3. The molecule has 8 nitrogen and oxygen atoms in total. The Kier molecular flexibility index (Phi) is 7.05. The zero-order valence-electron chi connectivity index (χ0n) is 15.8. The predicted octanol–water partition coefficient (Wildman–Crippen LogP) is 2.75. The Morgan fingerprint density at radius 3 is 2.97 bits per heavy atom. The van der Waals surface area contributed by atoms with Gasteiger partial charge in [0.2, 0.25) is 5.91 Å². The minimum Gasteiger partial charge on any atom is -0.445 e. The molecule has 0 aliphatic carbocycles. The molecule has 1 fully saturated rings. The number of hydrogen-bond acceptors (Lipinski definition) is 6. The van der Waals surface area contributed by atoms with Crippen molar-refractivity contribution < 1.29 is 19.1 Å². The molecule has 1 saturated heterocycles. The first-order valence-electron chi connectivity index (χ1n) is 9.10. The highest BCUT2D eigenvalue weighted by Crippen LogP contribution is 2.34. The monoisotopic (exact) mass is 436 g/mol. The number of rotatable bonds is 6. The van der Waals surface area contributed by atoms with Gasteiger partial charge in [0.25, 0.3) is 5.91 Å². The number of likely N-dealkylation sites (tertiary alicyclic amines) is 1.